The molecule has 1 aromatic carbocycles. The normalized spacial score (nSPS) is 17.3. The van der Waals surface area contributed by atoms with Gasteiger partial charge in [-0.05, 0) is 43.0 Å². The van der Waals surface area contributed by atoms with E-state index in [4.69, 9.17) is 0 Å². The summed E-state index contributed by atoms with van der Waals surface area (Å²) < 4.78 is 63.4. The minimum Gasteiger partial charge on any atom is -0.305 e. The van der Waals surface area contributed by atoms with E-state index in [1.165, 1.54) is 28.9 Å². The largest absolute Gasteiger partial charge is 0.416 e. The zero-order valence-corrected chi connectivity index (χ0v) is 18.0. The summed E-state index contributed by atoms with van der Waals surface area (Å²) in [7, 11) is -3.18. The van der Waals surface area contributed by atoms with Gasteiger partial charge in [-0.25, -0.2) is 12.7 Å². The van der Waals surface area contributed by atoms with E-state index >= 15 is 0 Å². The number of benzene rings is 1. The molecule has 2 heterocycles. The Bertz CT molecular complexity index is 904. The third kappa shape index (κ3) is 6.37. The number of rotatable bonds is 6. The number of halogens is 4. The lowest BCUT2D eigenvalue weighted by Crippen LogP contribution is -2.40. The van der Waals surface area contributed by atoms with Crippen molar-refractivity contribution >= 4 is 22.4 Å². The smallest absolute Gasteiger partial charge is 0.305 e. The Kier molecular flexibility index (Phi) is 8.20. The van der Waals surface area contributed by atoms with Gasteiger partial charge in [0.05, 0.1) is 29.8 Å². The molecule has 1 atom stereocenters. The first kappa shape index (κ1) is 24.5. The third-order valence-electron chi connectivity index (χ3n) is 5.10. The minimum absolute atomic E-state index is 0. The van der Waals surface area contributed by atoms with Crippen molar-refractivity contribution in [3.05, 3.63) is 59.7 Å². The predicted octanol–water partition coefficient (Wildman–Crippen LogP) is 3.27. The average molecular weight is 465 g/mol. The van der Waals surface area contributed by atoms with Gasteiger partial charge in [-0.2, -0.15) is 13.2 Å². The SMILES string of the molecule is CS(=O)(=O)N1CCC(CNC(c2ccc(C(F)(F)F)cc2)c2cnccn2)CC1.Cl. The quantitative estimate of drug-likeness (QED) is 0.710. The molecule has 1 fully saturated rings. The lowest BCUT2D eigenvalue weighted by molar-refractivity contribution is -0.137. The molecule has 1 aliphatic heterocycles. The van der Waals surface area contributed by atoms with E-state index in [1.807, 2.05) is 0 Å². The summed E-state index contributed by atoms with van der Waals surface area (Å²) in [5, 5.41) is 3.38. The van der Waals surface area contributed by atoms with Gasteiger partial charge in [-0.1, -0.05) is 12.1 Å². The second kappa shape index (κ2) is 10.0. The van der Waals surface area contributed by atoms with Crippen LogP contribution in [0.5, 0.6) is 0 Å². The maximum Gasteiger partial charge on any atom is 0.416 e. The van der Waals surface area contributed by atoms with Crippen LogP contribution in [0.2, 0.25) is 0 Å². The molecule has 1 unspecified atom stereocenters. The number of hydrogen-bond donors (Lipinski definition) is 1. The van der Waals surface area contributed by atoms with E-state index in [0.29, 0.717) is 30.9 Å². The minimum atomic E-state index is -4.39. The summed E-state index contributed by atoms with van der Waals surface area (Å²) in [6.45, 7) is 1.54. The van der Waals surface area contributed by atoms with Gasteiger partial charge in [0, 0.05) is 25.5 Å². The number of aromatic nitrogens is 2. The molecule has 0 radical (unpaired) electrons. The molecular formula is C19H24ClF3N4O2S. The van der Waals surface area contributed by atoms with E-state index in [1.54, 1.807) is 12.4 Å². The molecule has 0 aliphatic carbocycles. The molecule has 2 aromatic rings. The molecule has 166 valence electrons. The fraction of sp³-hybridized carbons (Fsp3) is 0.474. The fourth-order valence-electron chi connectivity index (χ4n) is 3.45. The Hall–Kier alpha value is -1.75. The van der Waals surface area contributed by atoms with Crippen molar-refractivity contribution < 1.29 is 21.6 Å². The number of piperidine rings is 1. The molecular weight excluding hydrogens is 441 g/mol. The molecule has 3 rings (SSSR count). The maximum atomic E-state index is 12.9. The van der Waals surface area contributed by atoms with Crippen molar-refractivity contribution in [2.45, 2.75) is 25.1 Å². The van der Waals surface area contributed by atoms with Crippen LogP contribution in [0, 0.1) is 5.92 Å². The van der Waals surface area contributed by atoms with Crippen LogP contribution >= 0.6 is 12.4 Å². The Labute approximate surface area is 180 Å². The summed E-state index contributed by atoms with van der Waals surface area (Å²) in [5.41, 5.74) is 0.570. The average Bonchev–Trinajstić information content (AvgIpc) is 2.68. The topological polar surface area (TPSA) is 75.2 Å². The highest BCUT2D eigenvalue weighted by atomic mass is 35.5. The molecule has 1 saturated heterocycles. The van der Waals surface area contributed by atoms with Crippen molar-refractivity contribution in [3.63, 3.8) is 0 Å². The summed E-state index contributed by atoms with van der Waals surface area (Å²) >= 11 is 0. The first-order valence-corrected chi connectivity index (χ1v) is 11.1. The molecule has 0 amide bonds. The number of alkyl halides is 3. The lowest BCUT2D eigenvalue weighted by atomic mass is 9.96. The highest BCUT2D eigenvalue weighted by Gasteiger charge is 2.31. The van der Waals surface area contributed by atoms with Crippen LogP contribution in [0.3, 0.4) is 0 Å². The first-order valence-electron chi connectivity index (χ1n) is 9.26. The Morgan fingerprint density at radius 3 is 2.30 bits per heavy atom. The Balaban J connectivity index is 0.00000320. The van der Waals surface area contributed by atoms with Crippen LogP contribution in [-0.2, 0) is 16.2 Å². The van der Waals surface area contributed by atoms with E-state index in [0.717, 1.165) is 25.0 Å². The van der Waals surface area contributed by atoms with Gasteiger partial charge in [0.25, 0.3) is 0 Å². The molecule has 1 aromatic heterocycles. The van der Waals surface area contributed by atoms with Gasteiger partial charge in [0.2, 0.25) is 10.0 Å². The van der Waals surface area contributed by atoms with Crippen LogP contribution in [0.25, 0.3) is 0 Å². The molecule has 0 bridgehead atoms. The number of sulfonamides is 1. The van der Waals surface area contributed by atoms with Gasteiger partial charge in [-0.15, -0.1) is 12.4 Å². The molecule has 0 spiro atoms. The zero-order chi connectivity index (χ0) is 21.1. The monoisotopic (exact) mass is 464 g/mol. The van der Waals surface area contributed by atoms with Crippen LogP contribution in [0.1, 0.15) is 35.7 Å². The fourth-order valence-corrected chi connectivity index (χ4v) is 4.32. The van der Waals surface area contributed by atoms with Crippen molar-refractivity contribution in [3.8, 4) is 0 Å². The maximum absolute atomic E-state index is 12.9. The van der Waals surface area contributed by atoms with Crippen LogP contribution in [0.4, 0.5) is 13.2 Å². The molecule has 11 heteroatoms. The van der Waals surface area contributed by atoms with Crippen molar-refractivity contribution in [1.82, 2.24) is 19.6 Å². The van der Waals surface area contributed by atoms with Gasteiger partial charge in [0.15, 0.2) is 0 Å². The Morgan fingerprint density at radius 1 is 1.17 bits per heavy atom. The van der Waals surface area contributed by atoms with Gasteiger partial charge in [0.1, 0.15) is 0 Å². The third-order valence-corrected chi connectivity index (χ3v) is 6.41. The first-order chi connectivity index (χ1) is 13.6. The van der Waals surface area contributed by atoms with Crippen molar-refractivity contribution in [1.29, 1.82) is 0 Å². The second-order valence-electron chi connectivity index (χ2n) is 7.20. The van der Waals surface area contributed by atoms with Crippen LogP contribution < -0.4 is 5.32 Å². The van der Waals surface area contributed by atoms with Crippen molar-refractivity contribution in [2.24, 2.45) is 5.92 Å². The van der Waals surface area contributed by atoms with E-state index in [9.17, 15) is 21.6 Å². The zero-order valence-electron chi connectivity index (χ0n) is 16.3. The molecule has 6 nitrogen and oxygen atoms in total. The summed E-state index contributed by atoms with van der Waals surface area (Å²) in [5.74, 6) is 0.265. The molecule has 1 N–H and O–H groups in total. The van der Waals surface area contributed by atoms with Crippen LogP contribution in [0.15, 0.2) is 42.9 Å². The lowest BCUT2D eigenvalue weighted by Gasteiger charge is -2.31. The highest BCUT2D eigenvalue weighted by molar-refractivity contribution is 7.88. The van der Waals surface area contributed by atoms with Gasteiger partial charge in [-0.3, -0.25) is 9.97 Å². The standard InChI is InChI=1S/C19H23F3N4O2S.ClH/c1-29(27,28)26-10-6-14(7-11-26)12-25-18(17-13-23-8-9-24-17)15-2-4-16(5-3-15)19(20,21)22;/h2-5,8-9,13-14,18,25H,6-7,10-12H2,1H3;1H. The van der Waals surface area contributed by atoms with Crippen molar-refractivity contribution in [2.75, 3.05) is 25.9 Å². The summed E-state index contributed by atoms with van der Waals surface area (Å²) in [6, 6.07) is 4.61. The van der Waals surface area contributed by atoms with E-state index in [-0.39, 0.29) is 18.3 Å². The number of hydrogen-bond acceptors (Lipinski definition) is 5. The summed E-state index contributed by atoms with van der Waals surface area (Å²) in [6.07, 6.45) is 2.93. The highest BCUT2D eigenvalue weighted by Crippen LogP contribution is 2.31. The molecule has 0 saturated carbocycles. The van der Waals surface area contributed by atoms with Gasteiger partial charge >= 0.3 is 6.18 Å². The number of nitrogens with zero attached hydrogens (tertiary/aromatic N) is 3. The van der Waals surface area contributed by atoms with E-state index < -0.39 is 27.8 Å². The predicted molar refractivity (Wildman–Crippen MR) is 110 cm³/mol. The van der Waals surface area contributed by atoms with Crippen LogP contribution in [-0.4, -0.2) is 48.6 Å². The second-order valence-corrected chi connectivity index (χ2v) is 9.18. The number of nitrogens with one attached hydrogen (secondary N) is 1. The molecule has 1 aliphatic rings. The van der Waals surface area contributed by atoms with Gasteiger partial charge < -0.3 is 5.32 Å². The summed E-state index contributed by atoms with van der Waals surface area (Å²) in [4.78, 5) is 8.36. The molecule has 30 heavy (non-hydrogen) atoms. The van der Waals surface area contributed by atoms with E-state index in [2.05, 4.69) is 15.3 Å². The Morgan fingerprint density at radius 2 is 1.80 bits per heavy atom.